The van der Waals surface area contributed by atoms with E-state index in [-0.39, 0.29) is 13.0 Å². The van der Waals surface area contributed by atoms with Crippen LogP contribution in [0.4, 0.5) is 0 Å². The third kappa shape index (κ3) is 5.14. The van der Waals surface area contributed by atoms with Crippen LogP contribution < -0.4 is 14.2 Å². The van der Waals surface area contributed by atoms with E-state index in [0.29, 0.717) is 35.7 Å². The van der Waals surface area contributed by atoms with Gasteiger partial charge >= 0.3 is 5.97 Å². The molecule has 0 amide bonds. The Morgan fingerprint density at radius 2 is 1.83 bits per heavy atom. The summed E-state index contributed by atoms with van der Waals surface area (Å²) >= 11 is 0. The van der Waals surface area contributed by atoms with E-state index in [1.807, 2.05) is 37.3 Å². The quantitative estimate of drug-likeness (QED) is 0.425. The van der Waals surface area contributed by atoms with Crippen LogP contribution in [0.3, 0.4) is 0 Å². The second-order valence-electron chi connectivity index (χ2n) is 4.64. The highest BCUT2D eigenvalue weighted by atomic mass is 16.6. The molecule has 0 spiro atoms. The van der Waals surface area contributed by atoms with Gasteiger partial charge in [-0.15, -0.1) is 0 Å². The average Bonchev–Trinajstić information content (AvgIpc) is 2.57. The average molecular weight is 314 g/mol. The van der Waals surface area contributed by atoms with Crippen molar-refractivity contribution in [3.8, 4) is 17.2 Å². The molecule has 0 saturated heterocycles. The van der Waals surface area contributed by atoms with Crippen molar-refractivity contribution in [2.75, 3.05) is 13.2 Å². The molecule has 0 fully saturated rings. The monoisotopic (exact) mass is 314 g/mol. The largest absolute Gasteiger partial charge is 0.493 e. The molecule has 5 nitrogen and oxygen atoms in total. The van der Waals surface area contributed by atoms with Crippen molar-refractivity contribution in [1.82, 2.24) is 0 Å². The van der Waals surface area contributed by atoms with Crippen molar-refractivity contribution >= 4 is 12.3 Å². The molecule has 5 heteroatoms. The van der Waals surface area contributed by atoms with Crippen LogP contribution in [0.2, 0.25) is 0 Å². The summed E-state index contributed by atoms with van der Waals surface area (Å²) in [6, 6.07) is 13.9. The van der Waals surface area contributed by atoms with Crippen molar-refractivity contribution in [1.29, 1.82) is 0 Å². The van der Waals surface area contributed by atoms with Crippen LogP contribution in [0.5, 0.6) is 17.2 Å². The Bertz CT molecular complexity index is 652. The number of rotatable bonds is 8. The SMILES string of the molecule is CCOc1cc(C=O)ccc1OC(=O)CCOc1ccccc1. The van der Waals surface area contributed by atoms with Gasteiger partial charge in [-0.05, 0) is 37.3 Å². The van der Waals surface area contributed by atoms with Gasteiger partial charge in [0.1, 0.15) is 12.0 Å². The van der Waals surface area contributed by atoms with Crippen molar-refractivity contribution in [2.45, 2.75) is 13.3 Å². The fourth-order valence-corrected chi connectivity index (χ4v) is 1.89. The predicted octanol–water partition coefficient (Wildman–Crippen LogP) is 3.27. The zero-order valence-electron chi connectivity index (χ0n) is 12.9. The molecule has 2 aromatic rings. The van der Waals surface area contributed by atoms with E-state index in [9.17, 15) is 9.59 Å². The normalized spacial score (nSPS) is 9.96. The third-order valence-corrected chi connectivity index (χ3v) is 2.95. The molecule has 0 atom stereocenters. The smallest absolute Gasteiger partial charge is 0.314 e. The van der Waals surface area contributed by atoms with E-state index in [0.717, 1.165) is 0 Å². The second-order valence-corrected chi connectivity index (χ2v) is 4.64. The summed E-state index contributed by atoms with van der Waals surface area (Å²) < 4.78 is 16.1. The van der Waals surface area contributed by atoms with Crippen LogP contribution in [0.1, 0.15) is 23.7 Å². The molecular formula is C18H18O5. The molecule has 0 aromatic heterocycles. The van der Waals surface area contributed by atoms with Gasteiger partial charge < -0.3 is 14.2 Å². The minimum absolute atomic E-state index is 0.107. The Hall–Kier alpha value is -2.82. The van der Waals surface area contributed by atoms with Gasteiger partial charge in [0.15, 0.2) is 11.5 Å². The Kier molecular flexibility index (Phi) is 6.17. The molecule has 0 aliphatic carbocycles. The van der Waals surface area contributed by atoms with Crippen LogP contribution in [0, 0.1) is 0 Å². The maximum absolute atomic E-state index is 11.9. The number of esters is 1. The second kappa shape index (κ2) is 8.58. The molecule has 0 unspecified atom stereocenters. The first kappa shape index (κ1) is 16.5. The Balaban J connectivity index is 1.90. The first-order chi connectivity index (χ1) is 11.2. The van der Waals surface area contributed by atoms with Crippen LogP contribution >= 0.6 is 0 Å². The summed E-state index contributed by atoms with van der Waals surface area (Å²) in [6.07, 6.45) is 0.817. The Morgan fingerprint density at radius 3 is 2.52 bits per heavy atom. The molecular weight excluding hydrogens is 296 g/mol. The fraction of sp³-hybridized carbons (Fsp3) is 0.222. The number of aldehydes is 1. The van der Waals surface area contributed by atoms with E-state index < -0.39 is 5.97 Å². The Morgan fingerprint density at radius 1 is 1.04 bits per heavy atom. The number of para-hydroxylation sites is 1. The molecule has 0 saturated carbocycles. The van der Waals surface area contributed by atoms with E-state index in [1.54, 1.807) is 18.2 Å². The topological polar surface area (TPSA) is 61.8 Å². The van der Waals surface area contributed by atoms with Gasteiger partial charge in [-0.2, -0.15) is 0 Å². The van der Waals surface area contributed by atoms with E-state index in [4.69, 9.17) is 14.2 Å². The van der Waals surface area contributed by atoms with Crippen LogP contribution in [0.25, 0.3) is 0 Å². The molecule has 23 heavy (non-hydrogen) atoms. The van der Waals surface area contributed by atoms with Gasteiger partial charge in [-0.3, -0.25) is 9.59 Å². The van der Waals surface area contributed by atoms with Crippen LogP contribution in [-0.4, -0.2) is 25.5 Å². The lowest BCUT2D eigenvalue weighted by Gasteiger charge is -2.11. The van der Waals surface area contributed by atoms with E-state index in [1.165, 1.54) is 0 Å². The lowest BCUT2D eigenvalue weighted by atomic mass is 10.2. The standard InChI is InChI=1S/C18H18O5/c1-2-21-17-12-14(13-19)8-9-16(17)23-18(20)10-11-22-15-6-4-3-5-7-15/h3-9,12-13H,2,10-11H2,1H3. The van der Waals surface area contributed by atoms with Crippen LogP contribution in [-0.2, 0) is 4.79 Å². The van der Waals surface area contributed by atoms with Crippen molar-refractivity contribution in [3.05, 3.63) is 54.1 Å². The number of carbonyl (C=O) groups is 2. The number of benzene rings is 2. The number of carbonyl (C=O) groups excluding carboxylic acids is 2. The first-order valence-electron chi connectivity index (χ1n) is 7.33. The lowest BCUT2D eigenvalue weighted by Crippen LogP contribution is -2.13. The van der Waals surface area contributed by atoms with Crippen molar-refractivity contribution in [2.24, 2.45) is 0 Å². The molecule has 0 radical (unpaired) electrons. The summed E-state index contributed by atoms with van der Waals surface area (Å²) in [5, 5.41) is 0. The van der Waals surface area contributed by atoms with E-state index in [2.05, 4.69) is 0 Å². The van der Waals surface area contributed by atoms with E-state index >= 15 is 0 Å². The molecule has 0 aliphatic heterocycles. The number of hydrogen-bond acceptors (Lipinski definition) is 5. The molecule has 120 valence electrons. The van der Waals surface area contributed by atoms with Gasteiger partial charge in [-0.1, -0.05) is 18.2 Å². The number of hydrogen-bond donors (Lipinski definition) is 0. The predicted molar refractivity (Wildman–Crippen MR) is 85.2 cm³/mol. The van der Waals surface area contributed by atoms with Crippen molar-refractivity contribution in [3.63, 3.8) is 0 Å². The highest BCUT2D eigenvalue weighted by Crippen LogP contribution is 2.28. The fourth-order valence-electron chi connectivity index (χ4n) is 1.89. The lowest BCUT2D eigenvalue weighted by molar-refractivity contribution is -0.135. The summed E-state index contributed by atoms with van der Waals surface area (Å²) in [5.74, 6) is 0.933. The minimum atomic E-state index is -0.430. The molecule has 2 rings (SSSR count). The summed E-state index contributed by atoms with van der Waals surface area (Å²) in [4.78, 5) is 22.7. The maximum Gasteiger partial charge on any atom is 0.314 e. The van der Waals surface area contributed by atoms with Gasteiger partial charge in [0.05, 0.1) is 19.6 Å². The first-order valence-corrected chi connectivity index (χ1v) is 7.33. The number of ether oxygens (including phenoxy) is 3. The Labute approximate surface area is 134 Å². The maximum atomic E-state index is 11.9. The van der Waals surface area contributed by atoms with Crippen LogP contribution in [0.15, 0.2) is 48.5 Å². The van der Waals surface area contributed by atoms with Gasteiger partial charge in [0, 0.05) is 5.56 Å². The zero-order chi connectivity index (χ0) is 16.5. The molecule has 0 N–H and O–H groups in total. The van der Waals surface area contributed by atoms with Gasteiger partial charge in [0.25, 0.3) is 0 Å². The van der Waals surface area contributed by atoms with Crippen molar-refractivity contribution < 1.29 is 23.8 Å². The molecule has 0 heterocycles. The zero-order valence-corrected chi connectivity index (χ0v) is 12.9. The summed E-state index contributed by atoms with van der Waals surface area (Å²) in [5.41, 5.74) is 0.459. The van der Waals surface area contributed by atoms with Gasteiger partial charge in [0.2, 0.25) is 0 Å². The van der Waals surface area contributed by atoms with Gasteiger partial charge in [-0.25, -0.2) is 0 Å². The summed E-state index contributed by atoms with van der Waals surface area (Å²) in [7, 11) is 0. The minimum Gasteiger partial charge on any atom is -0.493 e. The summed E-state index contributed by atoms with van der Waals surface area (Å²) in [6.45, 7) is 2.44. The molecule has 0 bridgehead atoms. The third-order valence-electron chi connectivity index (χ3n) is 2.95. The molecule has 0 aliphatic rings. The highest BCUT2D eigenvalue weighted by molar-refractivity contribution is 5.78. The highest BCUT2D eigenvalue weighted by Gasteiger charge is 2.11. The molecule has 2 aromatic carbocycles.